The van der Waals surface area contributed by atoms with Crippen molar-refractivity contribution in [1.82, 2.24) is 0 Å². The summed E-state index contributed by atoms with van der Waals surface area (Å²) in [5.74, 6) is -0.294. The molecule has 0 atom stereocenters. The van der Waals surface area contributed by atoms with Crippen molar-refractivity contribution < 1.29 is 20.1 Å². The monoisotopic (exact) mass is 282 g/mol. The lowest BCUT2D eigenvalue weighted by atomic mass is 10.1. The summed E-state index contributed by atoms with van der Waals surface area (Å²) in [7, 11) is 0. The first kappa shape index (κ1) is 14.4. The largest absolute Gasteiger partial charge is 0.508 e. The SMILES string of the molecule is O=C(/C=C(\O)c1ccc(O)cc1)/C=C/c1ccc(O)cc1. The van der Waals surface area contributed by atoms with Crippen molar-refractivity contribution in [1.29, 1.82) is 0 Å². The van der Waals surface area contributed by atoms with Gasteiger partial charge < -0.3 is 15.3 Å². The number of allylic oxidation sites excluding steroid dienone is 2. The van der Waals surface area contributed by atoms with Gasteiger partial charge in [0.15, 0.2) is 5.78 Å². The van der Waals surface area contributed by atoms with Gasteiger partial charge >= 0.3 is 0 Å². The Labute approximate surface area is 121 Å². The molecule has 3 N–H and O–H groups in total. The minimum atomic E-state index is -0.367. The van der Waals surface area contributed by atoms with E-state index in [9.17, 15) is 9.90 Å². The predicted molar refractivity (Wildman–Crippen MR) is 80.9 cm³/mol. The van der Waals surface area contributed by atoms with Crippen LogP contribution < -0.4 is 0 Å². The van der Waals surface area contributed by atoms with Crippen LogP contribution in [0.4, 0.5) is 0 Å². The normalized spacial score (nSPS) is 11.7. The van der Waals surface area contributed by atoms with E-state index in [0.717, 1.165) is 11.6 Å². The number of phenolic OH excluding ortho intramolecular Hbond substituents is 2. The van der Waals surface area contributed by atoms with Gasteiger partial charge in [-0.1, -0.05) is 18.2 Å². The van der Waals surface area contributed by atoms with Gasteiger partial charge in [-0.2, -0.15) is 0 Å². The topological polar surface area (TPSA) is 77.8 Å². The second-order valence-corrected chi connectivity index (χ2v) is 4.40. The fraction of sp³-hybridized carbons (Fsp3) is 0. The Morgan fingerprint density at radius 2 is 1.38 bits per heavy atom. The van der Waals surface area contributed by atoms with Crippen molar-refractivity contribution in [2.45, 2.75) is 0 Å². The van der Waals surface area contributed by atoms with E-state index >= 15 is 0 Å². The number of rotatable bonds is 4. The summed E-state index contributed by atoms with van der Waals surface area (Å²) in [6, 6.07) is 12.3. The number of benzene rings is 2. The molecule has 0 fully saturated rings. The maximum atomic E-state index is 11.7. The summed E-state index contributed by atoms with van der Waals surface area (Å²) in [5, 5.41) is 28.1. The highest BCUT2D eigenvalue weighted by Gasteiger charge is 2.01. The van der Waals surface area contributed by atoms with Crippen LogP contribution >= 0.6 is 0 Å². The number of hydrogen-bond acceptors (Lipinski definition) is 4. The summed E-state index contributed by atoms with van der Waals surface area (Å²) in [6.45, 7) is 0. The van der Waals surface area contributed by atoms with Crippen molar-refractivity contribution >= 4 is 17.6 Å². The van der Waals surface area contributed by atoms with Crippen LogP contribution in [0.25, 0.3) is 11.8 Å². The molecule has 0 aliphatic rings. The molecule has 0 radical (unpaired) electrons. The van der Waals surface area contributed by atoms with Crippen LogP contribution in [-0.4, -0.2) is 21.1 Å². The van der Waals surface area contributed by atoms with Crippen LogP contribution in [0.5, 0.6) is 11.5 Å². The number of aromatic hydroxyl groups is 2. The average Bonchev–Trinajstić information content (AvgIpc) is 2.47. The molecule has 0 spiro atoms. The van der Waals surface area contributed by atoms with E-state index in [0.29, 0.717) is 5.56 Å². The zero-order valence-electron chi connectivity index (χ0n) is 11.1. The molecule has 0 unspecified atom stereocenters. The van der Waals surface area contributed by atoms with Gasteiger partial charge in [0.25, 0.3) is 0 Å². The highest BCUT2D eigenvalue weighted by molar-refractivity contribution is 6.05. The van der Waals surface area contributed by atoms with E-state index in [2.05, 4.69) is 0 Å². The molecular weight excluding hydrogens is 268 g/mol. The van der Waals surface area contributed by atoms with E-state index < -0.39 is 0 Å². The van der Waals surface area contributed by atoms with Gasteiger partial charge in [-0.3, -0.25) is 4.79 Å². The number of phenols is 2. The summed E-state index contributed by atoms with van der Waals surface area (Å²) < 4.78 is 0. The van der Waals surface area contributed by atoms with E-state index in [1.807, 2.05) is 0 Å². The lowest BCUT2D eigenvalue weighted by molar-refractivity contribution is -0.110. The van der Waals surface area contributed by atoms with Crippen molar-refractivity contribution in [3.05, 3.63) is 71.8 Å². The smallest absolute Gasteiger partial charge is 0.182 e. The minimum Gasteiger partial charge on any atom is -0.508 e. The van der Waals surface area contributed by atoms with Crippen molar-refractivity contribution in [3.8, 4) is 11.5 Å². The molecule has 0 aliphatic heterocycles. The molecule has 4 nitrogen and oxygen atoms in total. The Hall–Kier alpha value is -3.01. The number of carbonyl (C=O) groups excluding carboxylic acids is 1. The van der Waals surface area contributed by atoms with Gasteiger partial charge in [0.1, 0.15) is 17.3 Å². The first-order valence-corrected chi connectivity index (χ1v) is 6.26. The third-order valence-electron chi connectivity index (χ3n) is 2.78. The average molecular weight is 282 g/mol. The van der Waals surface area contributed by atoms with Crippen LogP contribution in [0.1, 0.15) is 11.1 Å². The van der Waals surface area contributed by atoms with Crippen molar-refractivity contribution in [2.24, 2.45) is 0 Å². The molecular formula is C17H14O4. The second kappa shape index (κ2) is 6.43. The summed E-state index contributed by atoms with van der Waals surface area (Å²) >= 11 is 0. The van der Waals surface area contributed by atoms with Crippen molar-refractivity contribution in [3.63, 3.8) is 0 Å². The van der Waals surface area contributed by atoms with Crippen LogP contribution in [-0.2, 0) is 4.79 Å². The molecule has 2 rings (SSSR count). The molecule has 0 saturated carbocycles. The lowest BCUT2D eigenvalue weighted by Crippen LogP contribution is -1.90. The number of hydrogen-bond donors (Lipinski definition) is 3. The maximum Gasteiger partial charge on any atom is 0.182 e. The first-order chi connectivity index (χ1) is 10.0. The molecule has 2 aromatic rings. The number of carbonyl (C=O) groups is 1. The summed E-state index contributed by atoms with van der Waals surface area (Å²) in [5.41, 5.74) is 1.21. The van der Waals surface area contributed by atoms with Gasteiger partial charge in [-0.25, -0.2) is 0 Å². The fourth-order valence-electron chi connectivity index (χ4n) is 1.66. The number of aliphatic hydroxyl groups excluding tert-OH is 1. The van der Waals surface area contributed by atoms with E-state index in [-0.39, 0.29) is 23.0 Å². The molecule has 21 heavy (non-hydrogen) atoms. The molecule has 0 aliphatic carbocycles. The fourth-order valence-corrected chi connectivity index (χ4v) is 1.66. The van der Waals surface area contributed by atoms with E-state index in [1.165, 1.54) is 42.5 Å². The van der Waals surface area contributed by atoms with E-state index in [1.54, 1.807) is 18.2 Å². The molecule has 4 heteroatoms. The Morgan fingerprint density at radius 3 is 1.95 bits per heavy atom. The van der Waals surface area contributed by atoms with Gasteiger partial charge in [-0.05, 0) is 48.0 Å². The maximum absolute atomic E-state index is 11.7. The van der Waals surface area contributed by atoms with Crippen LogP contribution in [0.3, 0.4) is 0 Å². The van der Waals surface area contributed by atoms with Gasteiger partial charge in [-0.15, -0.1) is 0 Å². The Bertz CT molecular complexity index is 680. The molecule has 2 aromatic carbocycles. The highest BCUT2D eigenvalue weighted by atomic mass is 16.3. The van der Waals surface area contributed by atoms with Gasteiger partial charge in [0.05, 0.1) is 0 Å². The Morgan fingerprint density at radius 1 is 0.857 bits per heavy atom. The Balaban J connectivity index is 2.07. The molecule has 0 heterocycles. The Kier molecular flexibility index (Phi) is 4.41. The summed E-state index contributed by atoms with van der Waals surface area (Å²) in [6.07, 6.45) is 4.01. The molecule has 106 valence electrons. The first-order valence-electron chi connectivity index (χ1n) is 6.26. The van der Waals surface area contributed by atoms with Crippen LogP contribution in [0.15, 0.2) is 60.7 Å². The zero-order chi connectivity index (χ0) is 15.2. The molecule has 0 bridgehead atoms. The van der Waals surface area contributed by atoms with E-state index in [4.69, 9.17) is 10.2 Å². The predicted octanol–water partition coefficient (Wildman–Crippen LogP) is 3.28. The van der Waals surface area contributed by atoms with Gasteiger partial charge in [0, 0.05) is 11.6 Å². The van der Waals surface area contributed by atoms with Gasteiger partial charge in [0.2, 0.25) is 0 Å². The molecule has 0 aromatic heterocycles. The van der Waals surface area contributed by atoms with Crippen LogP contribution in [0, 0.1) is 0 Å². The third-order valence-corrected chi connectivity index (χ3v) is 2.78. The van der Waals surface area contributed by atoms with Crippen molar-refractivity contribution in [2.75, 3.05) is 0 Å². The third kappa shape index (κ3) is 4.24. The zero-order valence-corrected chi connectivity index (χ0v) is 11.1. The number of aliphatic hydroxyl groups is 1. The van der Waals surface area contributed by atoms with Crippen LogP contribution in [0.2, 0.25) is 0 Å². The molecule has 0 amide bonds. The standard InChI is InChI=1S/C17H14O4/c18-14-6-1-12(2-7-14)3-8-16(20)11-17(21)13-4-9-15(19)10-5-13/h1-11,18-19,21H/b8-3+,17-11-. The minimum absolute atomic E-state index is 0.0881. The lowest BCUT2D eigenvalue weighted by Gasteiger charge is -1.99. The highest BCUT2D eigenvalue weighted by Crippen LogP contribution is 2.16. The molecule has 0 saturated heterocycles. The number of ketones is 1. The second-order valence-electron chi connectivity index (χ2n) is 4.40. The quantitative estimate of drug-likeness (QED) is 0.594. The summed E-state index contributed by atoms with van der Waals surface area (Å²) in [4.78, 5) is 11.7.